The molecule has 0 aliphatic rings. The normalized spacial score (nSPS) is 14.5. The number of carboxylic acid groups (broad SMARTS) is 1. The summed E-state index contributed by atoms with van der Waals surface area (Å²) in [7, 11) is 0. The van der Waals surface area contributed by atoms with E-state index in [2.05, 4.69) is 0 Å². The van der Waals surface area contributed by atoms with Crippen LogP contribution in [0.2, 0.25) is 0 Å². The van der Waals surface area contributed by atoms with Gasteiger partial charge in [-0.1, -0.05) is 13.8 Å². The third kappa shape index (κ3) is 2.86. The average Bonchev–Trinajstić information content (AvgIpc) is 1.86. The van der Waals surface area contributed by atoms with Gasteiger partial charge in [-0.05, 0) is 18.4 Å². The van der Waals surface area contributed by atoms with Gasteiger partial charge in [0.2, 0.25) is 0 Å². The molecule has 0 aromatic heterocycles. The molecule has 0 radical (unpaired) electrons. The van der Waals surface area contributed by atoms with Crippen LogP contribution in [0.25, 0.3) is 0 Å². The third-order valence-corrected chi connectivity index (χ3v) is 1.90. The summed E-state index contributed by atoms with van der Waals surface area (Å²) in [5.74, 6) is -0.969. The van der Waals surface area contributed by atoms with E-state index >= 15 is 0 Å². The Labute approximate surface area is 66.6 Å². The van der Waals surface area contributed by atoms with E-state index in [1.165, 1.54) is 0 Å². The SMILES string of the molecule is CC(C)(CCN)C(N)C(=O)O. The monoisotopic (exact) mass is 160 g/mol. The van der Waals surface area contributed by atoms with Crippen LogP contribution >= 0.6 is 0 Å². The van der Waals surface area contributed by atoms with Crippen LogP contribution < -0.4 is 11.5 Å². The van der Waals surface area contributed by atoms with E-state index in [-0.39, 0.29) is 0 Å². The Kier molecular flexibility index (Phi) is 3.48. The first-order valence-electron chi connectivity index (χ1n) is 3.60. The summed E-state index contributed by atoms with van der Waals surface area (Å²) in [6.45, 7) is 4.07. The largest absolute Gasteiger partial charge is 0.480 e. The van der Waals surface area contributed by atoms with Crippen LogP contribution in [-0.2, 0) is 4.79 Å². The quantitative estimate of drug-likeness (QED) is 0.530. The van der Waals surface area contributed by atoms with E-state index in [0.29, 0.717) is 13.0 Å². The smallest absolute Gasteiger partial charge is 0.321 e. The number of nitrogens with two attached hydrogens (primary N) is 2. The van der Waals surface area contributed by atoms with Gasteiger partial charge in [0.15, 0.2) is 0 Å². The summed E-state index contributed by atoms with van der Waals surface area (Å²) >= 11 is 0. The summed E-state index contributed by atoms with van der Waals surface area (Å²) in [4.78, 5) is 10.5. The molecule has 0 saturated heterocycles. The van der Waals surface area contributed by atoms with Crippen molar-refractivity contribution in [2.45, 2.75) is 26.3 Å². The third-order valence-electron chi connectivity index (χ3n) is 1.90. The average molecular weight is 160 g/mol. The highest BCUT2D eigenvalue weighted by molar-refractivity contribution is 5.74. The van der Waals surface area contributed by atoms with E-state index in [1.807, 2.05) is 0 Å². The first-order chi connectivity index (χ1) is 4.91. The van der Waals surface area contributed by atoms with Gasteiger partial charge < -0.3 is 16.6 Å². The fourth-order valence-electron chi connectivity index (χ4n) is 0.862. The molecule has 0 heterocycles. The van der Waals surface area contributed by atoms with E-state index in [4.69, 9.17) is 16.6 Å². The minimum atomic E-state index is -0.969. The molecule has 1 unspecified atom stereocenters. The molecule has 5 N–H and O–H groups in total. The van der Waals surface area contributed by atoms with Gasteiger partial charge in [-0.25, -0.2) is 0 Å². The second kappa shape index (κ2) is 3.69. The maximum absolute atomic E-state index is 10.5. The maximum atomic E-state index is 10.5. The zero-order valence-corrected chi connectivity index (χ0v) is 7.00. The van der Waals surface area contributed by atoms with Gasteiger partial charge in [0.25, 0.3) is 0 Å². The molecule has 0 aromatic rings. The predicted octanol–water partition coefficient (Wildman–Crippen LogP) is -0.227. The summed E-state index contributed by atoms with van der Waals surface area (Å²) in [5, 5.41) is 8.58. The molecular weight excluding hydrogens is 144 g/mol. The standard InChI is InChI=1S/C7H16N2O2/c1-7(2,3-4-8)5(9)6(10)11/h5H,3-4,8-9H2,1-2H3,(H,10,11). The number of aliphatic carboxylic acids is 1. The molecule has 0 fully saturated rings. The molecule has 0 aliphatic heterocycles. The van der Waals surface area contributed by atoms with Gasteiger partial charge in [-0.3, -0.25) is 4.79 Å². The van der Waals surface area contributed by atoms with Crippen LogP contribution in [0.3, 0.4) is 0 Å². The Hall–Kier alpha value is -0.610. The Bertz CT molecular complexity index is 145. The molecule has 0 saturated carbocycles. The van der Waals surface area contributed by atoms with Gasteiger partial charge in [0.1, 0.15) is 6.04 Å². The molecule has 0 aromatic carbocycles. The van der Waals surface area contributed by atoms with E-state index in [0.717, 1.165) is 0 Å². The van der Waals surface area contributed by atoms with Crippen LogP contribution in [-0.4, -0.2) is 23.7 Å². The predicted molar refractivity (Wildman–Crippen MR) is 43.1 cm³/mol. The molecule has 4 nitrogen and oxygen atoms in total. The van der Waals surface area contributed by atoms with Gasteiger partial charge >= 0.3 is 5.97 Å². The Morgan fingerprint density at radius 2 is 2.09 bits per heavy atom. The molecule has 0 bridgehead atoms. The highest BCUT2D eigenvalue weighted by Gasteiger charge is 2.30. The molecule has 0 aliphatic carbocycles. The highest BCUT2D eigenvalue weighted by atomic mass is 16.4. The molecule has 66 valence electrons. The number of rotatable bonds is 4. The van der Waals surface area contributed by atoms with Crippen molar-refractivity contribution >= 4 is 5.97 Å². The van der Waals surface area contributed by atoms with Crippen LogP contribution in [0.4, 0.5) is 0 Å². The van der Waals surface area contributed by atoms with Gasteiger partial charge in [-0.15, -0.1) is 0 Å². The molecular formula is C7H16N2O2. The fraction of sp³-hybridized carbons (Fsp3) is 0.857. The van der Waals surface area contributed by atoms with Crippen LogP contribution in [0.1, 0.15) is 20.3 Å². The van der Waals surface area contributed by atoms with Crippen molar-refractivity contribution < 1.29 is 9.90 Å². The van der Waals surface area contributed by atoms with Crippen molar-refractivity contribution in [3.8, 4) is 0 Å². The van der Waals surface area contributed by atoms with Crippen LogP contribution in [0.5, 0.6) is 0 Å². The molecule has 11 heavy (non-hydrogen) atoms. The van der Waals surface area contributed by atoms with Crippen LogP contribution in [0, 0.1) is 5.41 Å². The second-order valence-corrected chi connectivity index (χ2v) is 3.34. The van der Waals surface area contributed by atoms with Crippen molar-refractivity contribution in [3.05, 3.63) is 0 Å². The zero-order valence-electron chi connectivity index (χ0n) is 7.00. The minimum Gasteiger partial charge on any atom is -0.480 e. The first-order valence-corrected chi connectivity index (χ1v) is 3.60. The topological polar surface area (TPSA) is 89.3 Å². The van der Waals surface area contributed by atoms with Gasteiger partial charge in [0.05, 0.1) is 0 Å². The van der Waals surface area contributed by atoms with E-state index < -0.39 is 17.4 Å². The Balaban J connectivity index is 4.16. The van der Waals surface area contributed by atoms with Crippen molar-refractivity contribution in [1.82, 2.24) is 0 Å². The number of hydrogen-bond donors (Lipinski definition) is 3. The van der Waals surface area contributed by atoms with Crippen molar-refractivity contribution in [3.63, 3.8) is 0 Å². The van der Waals surface area contributed by atoms with Gasteiger partial charge in [0, 0.05) is 0 Å². The summed E-state index contributed by atoms with van der Waals surface area (Å²) in [6, 6.07) is -0.828. The lowest BCUT2D eigenvalue weighted by Crippen LogP contribution is -2.44. The molecule has 4 heteroatoms. The van der Waals surface area contributed by atoms with Crippen molar-refractivity contribution in [2.75, 3.05) is 6.54 Å². The second-order valence-electron chi connectivity index (χ2n) is 3.34. The number of carbonyl (C=O) groups is 1. The van der Waals surface area contributed by atoms with E-state index in [9.17, 15) is 4.79 Å². The van der Waals surface area contributed by atoms with Gasteiger partial charge in [-0.2, -0.15) is 0 Å². The lowest BCUT2D eigenvalue weighted by Gasteiger charge is -2.27. The lowest BCUT2D eigenvalue weighted by atomic mass is 9.82. The van der Waals surface area contributed by atoms with E-state index in [1.54, 1.807) is 13.8 Å². The fourth-order valence-corrected chi connectivity index (χ4v) is 0.862. The van der Waals surface area contributed by atoms with Crippen molar-refractivity contribution in [1.29, 1.82) is 0 Å². The number of carboxylic acids is 1. The molecule has 0 amide bonds. The molecule has 0 rings (SSSR count). The van der Waals surface area contributed by atoms with Crippen LogP contribution in [0.15, 0.2) is 0 Å². The Morgan fingerprint density at radius 3 is 2.36 bits per heavy atom. The maximum Gasteiger partial charge on any atom is 0.321 e. The van der Waals surface area contributed by atoms with Crippen molar-refractivity contribution in [2.24, 2.45) is 16.9 Å². The first kappa shape index (κ1) is 10.4. The summed E-state index contributed by atoms with van der Waals surface area (Å²) < 4.78 is 0. The summed E-state index contributed by atoms with van der Waals surface area (Å²) in [6.07, 6.45) is 0.625. The minimum absolute atomic E-state index is 0.416. The Morgan fingerprint density at radius 1 is 1.64 bits per heavy atom. The number of hydrogen-bond acceptors (Lipinski definition) is 3. The molecule has 1 atom stereocenters. The zero-order chi connectivity index (χ0) is 9.07. The highest BCUT2D eigenvalue weighted by Crippen LogP contribution is 2.22. The lowest BCUT2D eigenvalue weighted by molar-refractivity contribution is -0.141. The summed E-state index contributed by atoms with van der Waals surface area (Å²) in [5.41, 5.74) is 10.3. The molecule has 0 spiro atoms.